The van der Waals surface area contributed by atoms with Crippen LogP contribution in [0.15, 0.2) is 101 Å². The molecular formula is C30H20N4O6. The predicted octanol–water partition coefficient (Wildman–Crippen LogP) is 4.15. The number of rotatable bonds is 5. The summed E-state index contributed by atoms with van der Waals surface area (Å²) < 4.78 is 4.99. The number of carbonyl (C=O) groups is 3. The molecule has 1 aromatic heterocycles. The summed E-state index contributed by atoms with van der Waals surface area (Å²) in [6.07, 6.45) is 1.52. The van der Waals surface area contributed by atoms with Crippen molar-refractivity contribution in [3.8, 4) is 0 Å². The molecule has 4 aliphatic rings. The average molecular weight is 533 g/mol. The Hall–Kier alpha value is -5.38. The number of anilines is 1. The highest BCUT2D eigenvalue weighted by molar-refractivity contribution is 6.25. The van der Waals surface area contributed by atoms with Crippen molar-refractivity contribution in [2.45, 2.75) is 11.3 Å². The molecule has 2 heterocycles. The van der Waals surface area contributed by atoms with Crippen molar-refractivity contribution < 1.29 is 23.7 Å². The van der Waals surface area contributed by atoms with Gasteiger partial charge < -0.3 is 4.42 Å². The normalized spacial score (nSPS) is 24.1. The van der Waals surface area contributed by atoms with Gasteiger partial charge in [0.15, 0.2) is 0 Å². The Labute approximate surface area is 227 Å². The number of carbonyl (C=O) groups excluding carboxylic acids is 3. The number of hydrogen-bond acceptors (Lipinski definition) is 7. The van der Waals surface area contributed by atoms with Gasteiger partial charge in [0.25, 0.3) is 0 Å². The number of para-hydroxylation sites is 1. The molecule has 8 rings (SSSR count). The van der Waals surface area contributed by atoms with Crippen LogP contribution in [0.4, 0.5) is 11.6 Å². The fourth-order valence-electron chi connectivity index (χ4n) is 6.68. The van der Waals surface area contributed by atoms with Crippen LogP contribution in [0.25, 0.3) is 0 Å². The molecule has 0 saturated carbocycles. The molecule has 1 N–H and O–H groups in total. The Morgan fingerprint density at radius 1 is 0.900 bits per heavy atom. The first kappa shape index (κ1) is 23.7. The van der Waals surface area contributed by atoms with E-state index in [1.165, 1.54) is 17.2 Å². The average Bonchev–Trinajstić information content (AvgIpc) is 3.58. The van der Waals surface area contributed by atoms with Gasteiger partial charge in [-0.1, -0.05) is 66.7 Å². The quantitative estimate of drug-likeness (QED) is 0.178. The number of hydrazone groups is 1. The summed E-state index contributed by atoms with van der Waals surface area (Å²) in [5.41, 5.74) is 5.26. The lowest BCUT2D eigenvalue weighted by Gasteiger charge is -2.52. The molecule has 10 nitrogen and oxygen atoms in total. The minimum absolute atomic E-state index is 0.278. The van der Waals surface area contributed by atoms with Crippen molar-refractivity contribution in [3.63, 3.8) is 0 Å². The van der Waals surface area contributed by atoms with E-state index < -0.39 is 34.0 Å². The van der Waals surface area contributed by atoms with Gasteiger partial charge in [0, 0.05) is 12.1 Å². The first-order valence-electron chi connectivity index (χ1n) is 12.6. The Morgan fingerprint density at radius 2 is 1.52 bits per heavy atom. The molecule has 10 heteroatoms. The van der Waals surface area contributed by atoms with Gasteiger partial charge in [0.1, 0.15) is 4.92 Å². The maximum Gasteiger partial charge on any atom is 0.433 e. The number of nitro groups is 1. The lowest BCUT2D eigenvalue weighted by Crippen LogP contribution is -2.54. The van der Waals surface area contributed by atoms with E-state index in [9.17, 15) is 24.5 Å². The highest BCUT2D eigenvalue weighted by atomic mass is 16.6. The van der Waals surface area contributed by atoms with E-state index in [0.29, 0.717) is 5.69 Å². The molecular weight excluding hydrogens is 512 g/mol. The minimum Gasteiger partial charge on any atom is -0.395 e. The molecule has 2 bridgehead atoms. The molecule has 0 unspecified atom stereocenters. The van der Waals surface area contributed by atoms with Crippen LogP contribution in [0.3, 0.4) is 0 Å². The molecule has 40 heavy (non-hydrogen) atoms. The standard InChI is InChI=1S/C30H20N4O6/c35-27(22-14-15-23(40-22)34(38)39)32-31-16-30-20-12-6-4-10-18(20)24(19-11-5-7-13-21(19)30)25-26(30)29(37)33(28(25)36)17-8-2-1-3-9-17/h1-16,24-26H,(H,32,35)/b31-16-/t24?,25-,26+,30?/m0/s1. The summed E-state index contributed by atoms with van der Waals surface area (Å²) in [6.45, 7) is 0. The third kappa shape index (κ3) is 3.10. The van der Waals surface area contributed by atoms with Gasteiger partial charge in [-0.05, 0) is 40.5 Å². The van der Waals surface area contributed by atoms with E-state index in [1.807, 2.05) is 54.6 Å². The first-order chi connectivity index (χ1) is 19.4. The van der Waals surface area contributed by atoms with Crippen LogP contribution in [0.2, 0.25) is 0 Å². The largest absolute Gasteiger partial charge is 0.433 e. The van der Waals surface area contributed by atoms with Crippen molar-refractivity contribution in [1.82, 2.24) is 5.43 Å². The van der Waals surface area contributed by atoms with Crippen LogP contribution in [0.5, 0.6) is 0 Å². The van der Waals surface area contributed by atoms with E-state index in [-0.39, 0.29) is 23.5 Å². The summed E-state index contributed by atoms with van der Waals surface area (Å²) >= 11 is 0. The van der Waals surface area contributed by atoms with Crippen LogP contribution in [-0.2, 0) is 15.0 Å². The van der Waals surface area contributed by atoms with E-state index >= 15 is 0 Å². The zero-order valence-corrected chi connectivity index (χ0v) is 20.8. The summed E-state index contributed by atoms with van der Waals surface area (Å²) in [5.74, 6) is -4.06. The first-order valence-corrected chi connectivity index (χ1v) is 12.6. The molecule has 1 aliphatic heterocycles. The molecule has 1 saturated heterocycles. The fourth-order valence-corrected chi connectivity index (χ4v) is 6.68. The number of amides is 3. The van der Waals surface area contributed by atoms with Gasteiger partial charge in [-0.15, -0.1) is 0 Å². The lowest BCUT2D eigenvalue weighted by molar-refractivity contribution is -0.402. The number of furan rings is 1. The number of imide groups is 1. The second-order valence-corrected chi connectivity index (χ2v) is 9.97. The molecule has 3 aliphatic carbocycles. The van der Waals surface area contributed by atoms with Crippen molar-refractivity contribution in [1.29, 1.82) is 0 Å². The Balaban J connectivity index is 1.38. The van der Waals surface area contributed by atoms with Gasteiger partial charge in [-0.3, -0.25) is 24.5 Å². The van der Waals surface area contributed by atoms with Gasteiger partial charge >= 0.3 is 11.8 Å². The molecule has 2 atom stereocenters. The van der Waals surface area contributed by atoms with E-state index in [4.69, 9.17) is 4.42 Å². The zero-order chi connectivity index (χ0) is 27.6. The van der Waals surface area contributed by atoms with E-state index in [2.05, 4.69) is 10.5 Å². The Kier molecular flexibility index (Phi) is 5.08. The summed E-state index contributed by atoms with van der Waals surface area (Å²) in [5, 5.41) is 15.2. The Bertz CT molecular complexity index is 1710. The van der Waals surface area contributed by atoms with Gasteiger partial charge in [0.05, 0.1) is 29.0 Å². The zero-order valence-electron chi connectivity index (χ0n) is 20.8. The molecule has 4 aromatic rings. The van der Waals surface area contributed by atoms with Gasteiger partial charge in [0.2, 0.25) is 17.6 Å². The SMILES string of the molecule is O=C(N/N=C\C12c3ccccc3C(c3ccccc31)[C@@H]1C(=O)N(c3ccccc3)C(=O)[C@@H]12)c1ccc([N+](=O)[O-])o1. The lowest BCUT2D eigenvalue weighted by atomic mass is 9.47. The monoisotopic (exact) mass is 532 g/mol. The molecule has 1 fully saturated rings. The van der Waals surface area contributed by atoms with Crippen LogP contribution < -0.4 is 10.3 Å². The smallest absolute Gasteiger partial charge is 0.395 e. The number of benzene rings is 3. The van der Waals surface area contributed by atoms with Crippen molar-refractivity contribution in [3.05, 3.63) is 129 Å². The summed E-state index contributed by atoms with van der Waals surface area (Å²) in [7, 11) is 0. The van der Waals surface area contributed by atoms with Crippen molar-refractivity contribution >= 4 is 35.5 Å². The maximum absolute atomic E-state index is 14.2. The third-order valence-electron chi connectivity index (χ3n) is 8.13. The Morgan fingerprint density at radius 3 is 2.15 bits per heavy atom. The molecule has 0 radical (unpaired) electrons. The second kappa shape index (κ2) is 8.57. The minimum atomic E-state index is -1.16. The number of hydrogen-bond donors (Lipinski definition) is 1. The molecule has 196 valence electrons. The van der Waals surface area contributed by atoms with Crippen molar-refractivity contribution in [2.24, 2.45) is 16.9 Å². The molecule has 0 spiro atoms. The molecule has 3 aromatic carbocycles. The van der Waals surface area contributed by atoms with Crippen LogP contribution in [0, 0.1) is 22.0 Å². The maximum atomic E-state index is 14.2. The fraction of sp³-hybridized carbons (Fsp3) is 0.133. The summed E-state index contributed by atoms with van der Waals surface area (Å²) in [4.78, 5) is 52.5. The topological polar surface area (TPSA) is 135 Å². The number of nitrogens with one attached hydrogen (secondary N) is 1. The van der Waals surface area contributed by atoms with E-state index in [1.54, 1.807) is 24.3 Å². The van der Waals surface area contributed by atoms with Gasteiger partial charge in [-0.2, -0.15) is 5.10 Å². The predicted molar refractivity (Wildman–Crippen MR) is 143 cm³/mol. The second-order valence-electron chi connectivity index (χ2n) is 9.97. The highest BCUT2D eigenvalue weighted by Gasteiger charge is 2.68. The third-order valence-corrected chi connectivity index (χ3v) is 8.13. The van der Waals surface area contributed by atoms with Gasteiger partial charge in [-0.25, -0.2) is 10.3 Å². The number of nitrogens with zero attached hydrogens (tertiary/aromatic N) is 3. The van der Waals surface area contributed by atoms with Crippen LogP contribution >= 0.6 is 0 Å². The highest BCUT2D eigenvalue weighted by Crippen LogP contribution is 2.63. The van der Waals surface area contributed by atoms with Crippen molar-refractivity contribution in [2.75, 3.05) is 4.90 Å². The van der Waals surface area contributed by atoms with Crippen LogP contribution in [-0.4, -0.2) is 28.9 Å². The van der Waals surface area contributed by atoms with Crippen LogP contribution in [0.1, 0.15) is 38.7 Å². The molecule has 3 amide bonds. The van der Waals surface area contributed by atoms with E-state index in [0.717, 1.165) is 28.3 Å². The summed E-state index contributed by atoms with van der Waals surface area (Å²) in [6, 6.07) is 26.5.